The van der Waals surface area contributed by atoms with Crippen molar-refractivity contribution in [2.24, 2.45) is 0 Å². The van der Waals surface area contributed by atoms with Crippen molar-refractivity contribution in [3.63, 3.8) is 0 Å². The van der Waals surface area contributed by atoms with Crippen LogP contribution >= 0.6 is 42.0 Å². The predicted molar refractivity (Wildman–Crippen MR) is 62.5 cm³/mol. The van der Waals surface area contributed by atoms with E-state index in [9.17, 15) is 0 Å². The summed E-state index contributed by atoms with van der Waals surface area (Å²) in [5.74, 6) is 0. The fourth-order valence-electron chi connectivity index (χ4n) is 0.421. The number of hydrogen-bond donors (Lipinski definition) is 0. The van der Waals surface area contributed by atoms with Gasteiger partial charge in [-0.15, -0.1) is 0 Å². The molecule has 0 atom stereocenters. The number of rotatable bonds is 5. The quantitative estimate of drug-likeness (QED) is 0.378. The molecule has 0 aliphatic heterocycles. The van der Waals surface area contributed by atoms with Crippen LogP contribution in [0.3, 0.4) is 0 Å². The summed E-state index contributed by atoms with van der Waals surface area (Å²) in [4.78, 5) is 2.02. The summed E-state index contributed by atoms with van der Waals surface area (Å²) in [6.07, 6.45) is 4.06. The molecule has 0 aromatic rings. The van der Waals surface area contributed by atoms with Gasteiger partial charge in [0.1, 0.15) is 0 Å². The Hall–Kier alpha value is 1.52. The summed E-state index contributed by atoms with van der Waals surface area (Å²) in [5.41, 5.74) is 0. The fourth-order valence-corrected chi connectivity index (χ4v) is 2.63. The molecule has 0 amide bonds. The van der Waals surface area contributed by atoms with Crippen molar-refractivity contribution >= 4 is 49.8 Å². The van der Waals surface area contributed by atoms with Crippen molar-refractivity contribution in [3.8, 4) is 0 Å². The van der Waals surface area contributed by atoms with Crippen molar-refractivity contribution in [3.05, 3.63) is 11.2 Å². The van der Waals surface area contributed by atoms with E-state index in [1.165, 1.54) is 6.42 Å². The monoisotopic (exact) mass is 410 g/mol. The van der Waals surface area contributed by atoms with Crippen molar-refractivity contribution in [1.82, 2.24) is 0 Å². The molecule has 0 spiro atoms. The van der Waals surface area contributed by atoms with Gasteiger partial charge in [-0.3, -0.25) is 0 Å². The summed E-state index contributed by atoms with van der Waals surface area (Å²) >= 11 is 10.5. The fraction of sp³-hybridized carbons (Fsp3) is 0.667. The van der Waals surface area contributed by atoms with Gasteiger partial charge in [-0.1, -0.05) is 0 Å². The molecule has 0 fully saturated rings. The summed E-state index contributed by atoms with van der Waals surface area (Å²) < 4.78 is 5.23. The van der Waals surface area contributed by atoms with Gasteiger partial charge in [0.25, 0.3) is 0 Å². The van der Waals surface area contributed by atoms with Crippen LogP contribution in [0.5, 0.6) is 0 Å². The predicted octanol–water partition coefficient (Wildman–Crippen LogP) is 3.98. The van der Waals surface area contributed by atoms with Crippen molar-refractivity contribution in [2.45, 2.75) is 19.8 Å². The van der Waals surface area contributed by atoms with Crippen LogP contribution in [0.25, 0.3) is 0 Å². The van der Waals surface area contributed by atoms with Gasteiger partial charge in [0.05, 0.1) is 0 Å². The van der Waals surface area contributed by atoms with Gasteiger partial charge < -0.3 is 0 Å². The third kappa shape index (κ3) is 11.5. The Morgan fingerprint density at radius 2 is 2.00 bits per heavy atom. The standard InChI is InChI=1S/C6H11Br3GeO/c1-2-3-5-11-6-4-10(7,8)9/h4,6H,2-3,5H2,1H3/b6-4+. The summed E-state index contributed by atoms with van der Waals surface area (Å²) in [6.45, 7) is 2.97. The van der Waals surface area contributed by atoms with Crippen LogP contribution in [-0.2, 0) is 4.74 Å². The average Bonchev–Trinajstić information content (AvgIpc) is 1.85. The Balaban J connectivity index is 3.30. The molecule has 11 heavy (non-hydrogen) atoms. The van der Waals surface area contributed by atoms with Gasteiger partial charge in [-0.25, -0.2) is 0 Å². The summed E-state index contributed by atoms with van der Waals surface area (Å²) in [5, 5.41) is 0. The zero-order valence-corrected chi connectivity index (χ0v) is 13.2. The molecule has 0 N–H and O–H groups in total. The first-order valence-corrected chi connectivity index (χ1v) is 19.4. The minimum absolute atomic E-state index is 0.818. The van der Waals surface area contributed by atoms with Gasteiger partial charge in [0.15, 0.2) is 0 Å². The Labute approximate surface area is 91.2 Å². The maximum absolute atomic E-state index is 5.23. The molecular weight excluding hydrogens is 400 g/mol. The van der Waals surface area contributed by atoms with Gasteiger partial charge in [0, 0.05) is 0 Å². The van der Waals surface area contributed by atoms with E-state index < -0.39 is 7.74 Å². The Kier molecular flexibility index (Phi) is 7.94. The van der Waals surface area contributed by atoms with E-state index in [0.29, 0.717) is 0 Å². The number of unbranched alkanes of at least 4 members (excludes halogenated alkanes) is 1. The molecule has 1 nitrogen and oxygen atoms in total. The number of halogens is 3. The van der Waals surface area contributed by atoms with E-state index in [1.807, 2.05) is 4.91 Å². The molecule has 0 rings (SSSR count). The van der Waals surface area contributed by atoms with Crippen molar-refractivity contribution in [2.75, 3.05) is 6.61 Å². The first-order valence-electron chi connectivity index (χ1n) is 3.42. The van der Waals surface area contributed by atoms with Crippen LogP contribution < -0.4 is 0 Å². The van der Waals surface area contributed by atoms with Gasteiger partial charge in [-0.05, 0) is 0 Å². The van der Waals surface area contributed by atoms with E-state index in [0.717, 1.165) is 13.0 Å². The maximum atomic E-state index is 5.23. The Bertz CT molecular complexity index is 121. The summed E-state index contributed by atoms with van der Waals surface area (Å²) in [7, 11) is -2.03. The normalized spacial score (nSPS) is 12.4. The first-order chi connectivity index (χ1) is 5.06. The van der Waals surface area contributed by atoms with E-state index in [1.54, 1.807) is 6.26 Å². The van der Waals surface area contributed by atoms with Crippen molar-refractivity contribution in [1.29, 1.82) is 0 Å². The third-order valence-electron chi connectivity index (χ3n) is 0.969. The topological polar surface area (TPSA) is 9.23 Å². The first kappa shape index (κ1) is 12.5. The molecule has 0 saturated carbocycles. The Morgan fingerprint density at radius 3 is 2.45 bits per heavy atom. The second-order valence-electron chi connectivity index (χ2n) is 2.07. The molecule has 0 saturated heterocycles. The van der Waals surface area contributed by atoms with E-state index in [2.05, 4.69) is 48.9 Å². The molecule has 66 valence electrons. The van der Waals surface area contributed by atoms with E-state index in [4.69, 9.17) is 4.74 Å². The minimum atomic E-state index is -2.03. The second-order valence-corrected chi connectivity index (χ2v) is 41.1. The number of hydrogen-bond acceptors (Lipinski definition) is 1. The molecule has 5 heteroatoms. The molecule has 0 bridgehead atoms. The van der Waals surface area contributed by atoms with Crippen molar-refractivity contribution < 1.29 is 4.74 Å². The zero-order chi connectivity index (χ0) is 8.74. The zero-order valence-electron chi connectivity index (χ0n) is 6.32. The van der Waals surface area contributed by atoms with Crippen LogP contribution in [0.4, 0.5) is 0 Å². The molecule has 0 radical (unpaired) electrons. The van der Waals surface area contributed by atoms with Crippen LogP contribution in [0.2, 0.25) is 0 Å². The SMILES string of the molecule is CCCCO/C=[CH]/[Ge]([Br])([Br])[Br]. The second kappa shape index (κ2) is 6.98. The van der Waals surface area contributed by atoms with Crippen LogP contribution in [0.1, 0.15) is 19.8 Å². The van der Waals surface area contributed by atoms with Crippen LogP contribution in [-0.4, -0.2) is 14.3 Å². The molecular formula is C6H11Br3GeO. The summed E-state index contributed by atoms with van der Waals surface area (Å²) in [6, 6.07) is 0. The molecule has 0 unspecified atom stereocenters. The van der Waals surface area contributed by atoms with Gasteiger partial charge in [0.2, 0.25) is 0 Å². The van der Waals surface area contributed by atoms with Crippen LogP contribution in [0, 0.1) is 0 Å². The molecule has 0 aromatic carbocycles. The van der Waals surface area contributed by atoms with Crippen LogP contribution in [0.15, 0.2) is 11.2 Å². The average molecular weight is 411 g/mol. The van der Waals surface area contributed by atoms with Gasteiger partial charge in [-0.2, -0.15) is 0 Å². The number of ether oxygens (including phenoxy) is 1. The molecule has 0 aliphatic carbocycles. The molecule has 0 heterocycles. The van der Waals surface area contributed by atoms with E-state index >= 15 is 0 Å². The van der Waals surface area contributed by atoms with E-state index in [-0.39, 0.29) is 0 Å². The third-order valence-corrected chi connectivity index (χ3v) is 6.17. The molecule has 0 aromatic heterocycles. The Morgan fingerprint density at radius 1 is 1.36 bits per heavy atom. The van der Waals surface area contributed by atoms with Gasteiger partial charge >= 0.3 is 92.0 Å². The molecule has 0 aliphatic rings.